The summed E-state index contributed by atoms with van der Waals surface area (Å²) in [5.74, 6) is -0.674. The van der Waals surface area contributed by atoms with Gasteiger partial charge in [-0.05, 0) is 38.5 Å². The van der Waals surface area contributed by atoms with E-state index in [1.807, 2.05) is 0 Å². The first-order valence-electron chi connectivity index (χ1n) is 7.55. The minimum atomic E-state index is -0.890. The van der Waals surface area contributed by atoms with Crippen molar-refractivity contribution in [2.24, 2.45) is 0 Å². The van der Waals surface area contributed by atoms with Gasteiger partial charge in [0.25, 0.3) is 5.91 Å². The Morgan fingerprint density at radius 1 is 1.29 bits per heavy atom. The molecule has 0 saturated carbocycles. The van der Waals surface area contributed by atoms with Crippen molar-refractivity contribution in [3.63, 3.8) is 0 Å². The second-order valence-electron chi connectivity index (χ2n) is 5.22. The van der Waals surface area contributed by atoms with E-state index in [1.165, 1.54) is 19.1 Å². The number of fused-ring (bicyclic) bond motifs is 1. The zero-order valence-electron chi connectivity index (χ0n) is 13.8. The van der Waals surface area contributed by atoms with Gasteiger partial charge in [0, 0.05) is 24.1 Å². The Labute approximate surface area is 138 Å². The largest absolute Gasteiger partial charge is 0.482 e. The lowest BCUT2D eigenvalue weighted by Gasteiger charge is -2.13. The van der Waals surface area contributed by atoms with Gasteiger partial charge in [0.2, 0.25) is 0 Å². The quantitative estimate of drug-likeness (QED) is 0.636. The van der Waals surface area contributed by atoms with E-state index in [9.17, 15) is 14.4 Å². The van der Waals surface area contributed by atoms with Gasteiger partial charge in [0.15, 0.2) is 12.7 Å². The van der Waals surface area contributed by atoms with Crippen LogP contribution < -0.4 is 15.7 Å². The number of esters is 1. The monoisotopic (exact) mass is 333 g/mol. The second-order valence-corrected chi connectivity index (χ2v) is 5.22. The molecule has 1 aromatic heterocycles. The van der Waals surface area contributed by atoms with Gasteiger partial charge in [0.05, 0.1) is 0 Å². The number of carbonyl (C=O) groups is 2. The van der Waals surface area contributed by atoms with Crippen molar-refractivity contribution in [3.8, 4) is 5.75 Å². The zero-order valence-corrected chi connectivity index (χ0v) is 13.8. The molecule has 2 aromatic rings. The third kappa shape index (κ3) is 4.34. The predicted octanol–water partition coefficient (Wildman–Crippen LogP) is 1.55. The van der Waals surface area contributed by atoms with E-state index in [0.717, 1.165) is 10.9 Å². The smallest absolute Gasteiger partial charge is 0.344 e. The Morgan fingerprint density at radius 3 is 2.75 bits per heavy atom. The molecule has 0 aliphatic rings. The summed E-state index contributed by atoms with van der Waals surface area (Å²) in [5, 5.41) is 3.34. The summed E-state index contributed by atoms with van der Waals surface area (Å²) in [5.41, 5.74) is 0.719. The number of rotatable bonds is 6. The van der Waals surface area contributed by atoms with Gasteiger partial charge in [-0.2, -0.15) is 0 Å². The molecule has 7 heteroatoms. The number of amides is 1. The molecule has 0 fully saturated rings. The molecule has 1 heterocycles. The van der Waals surface area contributed by atoms with Gasteiger partial charge in [-0.25, -0.2) is 9.59 Å². The number of aryl methyl sites for hydroxylation is 1. The number of hydrogen-bond donors (Lipinski definition) is 1. The zero-order chi connectivity index (χ0) is 17.7. The van der Waals surface area contributed by atoms with Crippen LogP contribution in [0, 0.1) is 6.92 Å². The SMILES string of the molecule is CCNC(=O)[C@@H](C)OC(=O)COc1ccc2c(C)cc(=O)oc2c1. The number of ether oxygens (including phenoxy) is 2. The lowest BCUT2D eigenvalue weighted by molar-refractivity contribution is -0.156. The van der Waals surface area contributed by atoms with Gasteiger partial charge in [-0.1, -0.05) is 0 Å². The summed E-state index contributed by atoms with van der Waals surface area (Å²) < 4.78 is 15.4. The number of likely N-dealkylation sites (N-methyl/N-ethyl adjacent to an activating group) is 1. The molecule has 0 radical (unpaired) electrons. The number of benzene rings is 1. The van der Waals surface area contributed by atoms with Crippen LogP contribution in [0.25, 0.3) is 11.0 Å². The molecule has 0 bridgehead atoms. The van der Waals surface area contributed by atoms with Crippen LogP contribution in [0.4, 0.5) is 0 Å². The molecule has 1 amide bonds. The number of carbonyl (C=O) groups excluding carboxylic acids is 2. The second kappa shape index (κ2) is 7.63. The standard InChI is InChI=1S/C17H19NO6/c1-4-18-17(21)11(3)23-16(20)9-22-12-5-6-13-10(2)7-15(19)24-14(13)8-12/h5-8,11H,4,9H2,1-3H3,(H,18,21)/t11-/m1/s1. The van der Waals surface area contributed by atoms with Crippen LogP contribution >= 0.6 is 0 Å². The van der Waals surface area contributed by atoms with Gasteiger partial charge in [-0.3, -0.25) is 4.79 Å². The predicted molar refractivity (Wildman–Crippen MR) is 87.0 cm³/mol. The summed E-state index contributed by atoms with van der Waals surface area (Å²) in [6.07, 6.45) is -0.890. The molecule has 0 aliphatic heterocycles. The molecule has 0 unspecified atom stereocenters. The van der Waals surface area contributed by atoms with Crippen molar-refractivity contribution in [2.45, 2.75) is 26.9 Å². The molecule has 2 rings (SSSR count). The average molecular weight is 333 g/mol. The van der Waals surface area contributed by atoms with Crippen LogP contribution in [0.1, 0.15) is 19.4 Å². The van der Waals surface area contributed by atoms with Crippen LogP contribution in [0.15, 0.2) is 33.5 Å². The maximum absolute atomic E-state index is 11.7. The van der Waals surface area contributed by atoms with E-state index in [-0.39, 0.29) is 12.5 Å². The topological polar surface area (TPSA) is 94.8 Å². The highest BCUT2D eigenvalue weighted by Crippen LogP contribution is 2.22. The molecule has 24 heavy (non-hydrogen) atoms. The van der Waals surface area contributed by atoms with Crippen molar-refractivity contribution >= 4 is 22.8 Å². The molecular formula is C17H19NO6. The highest BCUT2D eigenvalue weighted by atomic mass is 16.6. The Hall–Kier alpha value is -2.83. The van der Waals surface area contributed by atoms with Crippen LogP contribution in [0.5, 0.6) is 5.75 Å². The lowest BCUT2D eigenvalue weighted by atomic mass is 10.1. The molecule has 0 spiro atoms. The van der Waals surface area contributed by atoms with E-state index in [0.29, 0.717) is 17.9 Å². The molecule has 0 aliphatic carbocycles. The Balaban J connectivity index is 1.99. The first-order chi connectivity index (χ1) is 11.4. The summed E-state index contributed by atoms with van der Waals surface area (Å²) in [7, 11) is 0. The maximum atomic E-state index is 11.7. The summed E-state index contributed by atoms with van der Waals surface area (Å²) >= 11 is 0. The Bertz CT molecular complexity index is 810. The van der Waals surface area contributed by atoms with Crippen molar-refractivity contribution in [1.29, 1.82) is 0 Å². The Kier molecular flexibility index (Phi) is 5.57. The summed E-state index contributed by atoms with van der Waals surface area (Å²) in [6, 6.07) is 6.34. The summed E-state index contributed by atoms with van der Waals surface area (Å²) in [6.45, 7) is 5.16. The molecule has 1 aromatic carbocycles. The average Bonchev–Trinajstić information content (AvgIpc) is 2.52. The number of hydrogen-bond acceptors (Lipinski definition) is 6. The van der Waals surface area contributed by atoms with Crippen LogP contribution in [0.2, 0.25) is 0 Å². The van der Waals surface area contributed by atoms with Crippen molar-refractivity contribution in [2.75, 3.05) is 13.2 Å². The number of nitrogens with one attached hydrogen (secondary N) is 1. The van der Waals surface area contributed by atoms with Gasteiger partial charge in [0.1, 0.15) is 11.3 Å². The van der Waals surface area contributed by atoms with E-state index >= 15 is 0 Å². The fraction of sp³-hybridized carbons (Fsp3) is 0.353. The minimum absolute atomic E-state index is 0.356. The van der Waals surface area contributed by atoms with Crippen LogP contribution in [-0.4, -0.2) is 31.1 Å². The molecule has 1 N–H and O–H groups in total. The summed E-state index contributed by atoms with van der Waals surface area (Å²) in [4.78, 5) is 34.6. The highest BCUT2D eigenvalue weighted by molar-refractivity contribution is 5.84. The fourth-order valence-corrected chi connectivity index (χ4v) is 2.14. The van der Waals surface area contributed by atoms with Crippen molar-refractivity contribution in [3.05, 3.63) is 40.2 Å². The molecular weight excluding hydrogens is 314 g/mol. The van der Waals surface area contributed by atoms with Gasteiger partial charge < -0.3 is 19.2 Å². The normalized spacial score (nSPS) is 11.8. The van der Waals surface area contributed by atoms with Crippen LogP contribution in [0.3, 0.4) is 0 Å². The van der Waals surface area contributed by atoms with Gasteiger partial charge >= 0.3 is 11.6 Å². The third-order valence-electron chi connectivity index (χ3n) is 3.31. The van der Waals surface area contributed by atoms with E-state index in [4.69, 9.17) is 13.9 Å². The molecule has 1 atom stereocenters. The van der Waals surface area contributed by atoms with E-state index in [1.54, 1.807) is 26.0 Å². The van der Waals surface area contributed by atoms with Crippen molar-refractivity contribution < 1.29 is 23.5 Å². The van der Waals surface area contributed by atoms with Crippen LogP contribution in [-0.2, 0) is 14.3 Å². The first kappa shape index (κ1) is 17.5. The maximum Gasteiger partial charge on any atom is 0.344 e. The molecule has 7 nitrogen and oxygen atoms in total. The van der Waals surface area contributed by atoms with Gasteiger partial charge in [-0.15, -0.1) is 0 Å². The lowest BCUT2D eigenvalue weighted by Crippen LogP contribution is -2.36. The van der Waals surface area contributed by atoms with Crippen molar-refractivity contribution in [1.82, 2.24) is 5.32 Å². The van der Waals surface area contributed by atoms with E-state index in [2.05, 4.69) is 5.32 Å². The van der Waals surface area contributed by atoms with E-state index < -0.39 is 17.7 Å². The Morgan fingerprint density at radius 2 is 2.04 bits per heavy atom. The first-order valence-corrected chi connectivity index (χ1v) is 7.55. The third-order valence-corrected chi connectivity index (χ3v) is 3.31. The highest BCUT2D eigenvalue weighted by Gasteiger charge is 2.17. The molecule has 128 valence electrons. The minimum Gasteiger partial charge on any atom is -0.482 e. The molecule has 0 saturated heterocycles. The fourth-order valence-electron chi connectivity index (χ4n) is 2.14.